The molecule has 158 valence electrons. The minimum atomic E-state index is -0.705. The lowest BCUT2D eigenvalue weighted by Gasteiger charge is -2.22. The van der Waals surface area contributed by atoms with Crippen molar-refractivity contribution in [3.63, 3.8) is 0 Å². The van der Waals surface area contributed by atoms with Gasteiger partial charge < -0.3 is 19.8 Å². The van der Waals surface area contributed by atoms with Crippen molar-refractivity contribution in [2.75, 3.05) is 6.61 Å². The van der Waals surface area contributed by atoms with Crippen LogP contribution in [0.3, 0.4) is 0 Å². The van der Waals surface area contributed by atoms with Gasteiger partial charge in [0.15, 0.2) is 0 Å². The molecule has 0 saturated carbocycles. The second kappa shape index (κ2) is 9.20. The molecule has 0 aromatic carbocycles. The summed E-state index contributed by atoms with van der Waals surface area (Å²) >= 11 is 0. The number of rotatable bonds is 9. The maximum Gasteiger partial charge on any atom is 0.303 e. The summed E-state index contributed by atoms with van der Waals surface area (Å²) in [5.74, 6) is 0.596. The molecule has 1 aliphatic heterocycles. The first kappa shape index (κ1) is 20.3. The third-order valence-electron chi connectivity index (χ3n) is 5.79. The summed E-state index contributed by atoms with van der Waals surface area (Å²) in [4.78, 5) is 22.3. The third kappa shape index (κ3) is 4.58. The van der Waals surface area contributed by atoms with E-state index in [0.717, 1.165) is 54.2 Å². The highest BCUT2D eigenvalue weighted by atomic mass is 16.5. The number of hydrogen-bond donors (Lipinski definition) is 3. The number of carbonyl (C=O) groups is 1. The molecular weight excluding hydrogens is 378 g/mol. The summed E-state index contributed by atoms with van der Waals surface area (Å²) in [6.07, 6.45) is 12.4. The molecule has 0 bridgehead atoms. The van der Waals surface area contributed by atoms with Crippen molar-refractivity contribution in [2.24, 2.45) is 4.99 Å². The fraction of sp³-hybridized carbons (Fsp3) is 0.417. The Hall–Kier alpha value is -3.02. The Kier molecular flexibility index (Phi) is 6.21. The SMILES string of the molecule is CCOC1=CC(c2ccc[nH]2)=NC1=Cc1cc2c([nH]1)CCCC2CCCCC(=O)O. The van der Waals surface area contributed by atoms with Crippen LogP contribution in [-0.4, -0.2) is 33.4 Å². The predicted octanol–water partition coefficient (Wildman–Crippen LogP) is 5.17. The second-order valence-corrected chi connectivity index (χ2v) is 7.94. The first-order valence-corrected chi connectivity index (χ1v) is 10.9. The van der Waals surface area contributed by atoms with Gasteiger partial charge in [0.1, 0.15) is 11.5 Å². The number of carboxylic acids is 1. The smallest absolute Gasteiger partial charge is 0.303 e. The number of hydrogen-bond acceptors (Lipinski definition) is 3. The zero-order chi connectivity index (χ0) is 20.9. The molecule has 3 N–H and O–H groups in total. The molecule has 0 saturated heterocycles. The van der Waals surface area contributed by atoms with Gasteiger partial charge in [-0.2, -0.15) is 0 Å². The standard InChI is InChI=1S/C24H29N3O3/c1-2-30-23-15-21(20-10-6-12-25-20)27-22(23)14-17-13-18-16(7-3-4-11-24(28)29)8-5-9-19(18)26-17/h6,10,12-16,25-26H,2-5,7-9,11H2,1H3,(H,28,29). The van der Waals surface area contributed by atoms with Crippen LogP contribution in [0.4, 0.5) is 0 Å². The molecule has 6 nitrogen and oxygen atoms in total. The summed E-state index contributed by atoms with van der Waals surface area (Å²) in [6.45, 7) is 2.57. The quantitative estimate of drug-likeness (QED) is 0.501. The minimum Gasteiger partial charge on any atom is -0.492 e. The number of aryl methyl sites for hydroxylation is 1. The lowest BCUT2D eigenvalue weighted by molar-refractivity contribution is -0.137. The van der Waals surface area contributed by atoms with Crippen LogP contribution < -0.4 is 0 Å². The monoisotopic (exact) mass is 407 g/mol. The number of ether oxygens (including phenoxy) is 1. The van der Waals surface area contributed by atoms with Crippen LogP contribution in [-0.2, 0) is 16.0 Å². The van der Waals surface area contributed by atoms with E-state index in [1.165, 1.54) is 24.1 Å². The van der Waals surface area contributed by atoms with Crippen molar-refractivity contribution < 1.29 is 14.6 Å². The molecule has 2 aromatic rings. The predicted molar refractivity (Wildman–Crippen MR) is 118 cm³/mol. The van der Waals surface area contributed by atoms with Gasteiger partial charge in [-0.25, -0.2) is 4.99 Å². The summed E-state index contributed by atoms with van der Waals surface area (Å²) in [5.41, 5.74) is 6.43. The van der Waals surface area contributed by atoms with Crippen molar-refractivity contribution >= 4 is 17.8 Å². The first-order chi connectivity index (χ1) is 14.6. The zero-order valence-electron chi connectivity index (χ0n) is 17.4. The molecule has 1 atom stereocenters. The highest BCUT2D eigenvalue weighted by Gasteiger charge is 2.23. The van der Waals surface area contributed by atoms with Crippen LogP contribution in [0.25, 0.3) is 6.08 Å². The third-order valence-corrected chi connectivity index (χ3v) is 5.79. The molecule has 30 heavy (non-hydrogen) atoms. The van der Waals surface area contributed by atoms with E-state index < -0.39 is 5.97 Å². The minimum absolute atomic E-state index is 0.262. The molecule has 0 spiro atoms. The Morgan fingerprint density at radius 3 is 3.07 bits per heavy atom. The molecule has 1 aliphatic carbocycles. The van der Waals surface area contributed by atoms with Crippen LogP contribution in [0.1, 0.15) is 74.0 Å². The van der Waals surface area contributed by atoms with Gasteiger partial charge >= 0.3 is 5.97 Å². The van der Waals surface area contributed by atoms with Gasteiger partial charge in [0.05, 0.1) is 18.0 Å². The largest absolute Gasteiger partial charge is 0.492 e. The van der Waals surface area contributed by atoms with Gasteiger partial charge in [0, 0.05) is 30.1 Å². The van der Waals surface area contributed by atoms with Crippen LogP contribution >= 0.6 is 0 Å². The molecule has 6 heteroatoms. The number of fused-ring (bicyclic) bond motifs is 1. The molecule has 2 aromatic heterocycles. The number of H-pyrrole nitrogens is 2. The Balaban J connectivity index is 1.53. The van der Waals surface area contributed by atoms with Gasteiger partial charge in [0.2, 0.25) is 0 Å². The van der Waals surface area contributed by atoms with Crippen molar-refractivity contribution in [3.8, 4) is 0 Å². The zero-order valence-corrected chi connectivity index (χ0v) is 17.4. The molecule has 2 aliphatic rings. The summed E-state index contributed by atoms with van der Waals surface area (Å²) in [6, 6.07) is 6.21. The van der Waals surface area contributed by atoms with Crippen LogP contribution in [0.15, 0.2) is 46.9 Å². The van der Waals surface area contributed by atoms with Gasteiger partial charge in [-0.1, -0.05) is 6.42 Å². The average Bonchev–Trinajstić information content (AvgIpc) is 3.45. The van der Waals surface area contributed by atoms with E-state index in [0.29, 0.717) is 12.5 Å². The average molecular weight is 408 g/mol. The number of aliphatic carboxylic acids is 1. The van der Waals surface area contributed by atoms with Crippen molar-refractivity contribution in [2.45, 2.75) is 57.8 Å². The topological polar surface area (TPSA) is 90.5 Å². The fourth-order valence-electron chi connectivity index (χ4n) is 4.40. The number of nitrogens with one attached hydrogen (secondary N) is 2. The van der Waals surface area contributed by atoms with Crippen molar-refractivity contribution in [3.05, 3.63) is 64.6 Å². The maximum absolute atomic E-state index is 10.7. The second-order valence-electron chi connectivity index (χ2n) is 7.94. The van der Waals surface area contributed by atoms with E-state index in [-0.39, 0.29) is 6.42 Å². The summed E-state index contributed by atoms with van der Waals surface area (Å²) in [7, 11) is 0. The molecule has 3 heterocycles. The number of carboxylic acid groups (broad SMARTS) is 1. The van der Waals surface area contributed by atoms with E-state index in [4.69, 9.17) is 14.8 Å². The van der Waals surface area contributed by atoms with Crippen LogP contribution in [0.5, 0.6) is 0 Å². The van der Waals surface area contributed by atoms with Gasteiger partial charge in [-0.3, -0.25) is 4.79 Å². The molecule has 0 amide bonds. The number of aromatic amines is 2. The molecule has 1 unspecified atom stereocenters. The van der Waals surface area contributed by atoms with E-state index in [2.05, 4.69) is 22.1 Å². The Labute approximate surface area is 176 Å². The lowest BCUT2D eigenvalue weighted by atomic mass is 9.83. The Bertz CT molecular complexity index is 980. The number of aliphatic imine (C=N–C) groups is 1. The highest BCUT2D eigenvalue weighted by Crippen LogP contribution is 2.36. The number of allylic oxidation sites excluding steroid dienone is 1. The maximum atomic E-state index is 10.7. The first-order valence-electron chi connectivity index (χ1n) is 10.9. The van der Waals surface area contributed by atoms with Crippen LogP contribution in [0.2, 0.25) is 0 Å². The lowest BCUT2D eigenvalue weighted by Crippen LogP contribution is -2.08. The normalized spacial score (nSPS) is 19.5. The van der Waals surface area contributed by atoms with E-state index >= 15 is 0 Å². The van der Waals surface area contributed by atoms with E-state index in [9.17, 15) is 4.79 Å². The fourth-order valence-corrected chi connectivity index (χ4v) is 4.40. The Morgan fingerprint density at radius 2 is 2.30 bits per heavy atom. The van der Waals surface area contributed by atoms with Gasteiger partial charge in [-0.15, -0.1) is 0 Å². The number of unbranched alkanes of at least 4 members (excludes halogenated alkanes) is 1. The number of aromatic nitrogens is 2. The number of nitrogens with zero attached hydrogens (tertiary/aromatic N) is 1. The molecule has 4 rings (SSSR count). The molecule has 0 fully saturated rings. The van der Waals surface area contributed by atoms with Gasteiger partial charge in [-0.05, 0) is 74.8 Å². The van der Waals surface area contributed by atoms with Crippen molar-refractivity contribution in [1.82, 2.24) is 9.97 Å². The van der Waals surface area contributed by atoms with Crippen LogP contribution in [0, 0.1) is 0 Å². The molecule has 0 radical (unpaired) electrons. The Morgan fingerprint density at radius 1 is 1.40 bits per heavy atom. The molecular formula is C24H29N3O3. The highest BCUT2D eigenvalue weighted by molar-refractivity contribution is 6.11. The van der Waals surface area contributed by atoms with E-state index in [1.807, 2.05) is 31.3 Å². The summed E-state index contributed by atoms with van der Waals surface area (Å²) in [5, 5.41) is 8.85. The van der Waals surface area contributed by atoms with E-state index in [1.54, 1.807) is 0 Å². The van der Waals surface area contributed by atoms with Gasteiger partial charge in [0.25, 0.3) is 0 Å². The summed E-state index contributed by atoms with van der Waals surface area (Å²) < 4.78 is 5.83. The van der Waals surface area contributed by atoms with Crippen molar-refractivity contribution in [1.29, 1.82) is 0 Å².